The summed E-state index contributed by atoms with van der Waals surface area (Å²) in [6, 6.07) is 0.350. The van der Waals surface area contributed by atoms with Crippen molar-refractivity contribution < 1.29 is 9.84 Å². The molecule has 0 aliphatic heterocycles. The largest absolute Gasteiger partial charge is 0.394 e. The minimum absolute atomic E-state index is 0.0788. The van der Waals surface area contributed by atoms with Crippen molar-refractivity contribution >= 4 is 22.8 Å². The Morgan fingerprint density at radius 1 is 1.29 bits per heavy atom. The summed E-state index contributed by atoms with van der Waals surface area (Å²) in [6.45, 7) is 0.495. The van der Waals surface area contributed by atoms with Crippen LogP contribution in [0.25, 0.3) is 11.2 Å². The van der Waals surface area contributed by atoms with Crippen molar-refractivity contribution in [1.29, 1.82) is 0 Å². The summed E-state index contributed by atoms with van der Waals surface area (Å²) < 4.78 is 7.93. The molecular weight excluding hydrogens is 292 g/mol. The molecule has 2 heterocycles. The predicted octanol–water partition coefficient (Wildman–Crippen LogP) is 1.83. The number of aliphatic hydroxyl groups is 1. The van der Waals surface area contributed by atoms with Gasteiger partial charge in [-0.3, -0.25) is 0 Å². The summed E-state index contributed by atoms with van der Waals surface area (Å²) in [4.78, 5) is 12.7. The molecule has 4 rings (SSSR count). The summed E-state index contributed by atoms with van der Waals surface area (Å²) in [6.07, 6.45) is 6.95. The Morgan fingerprint density at radius 3 is 3.00 bits per heavy atom. The Bertz CT molecular complexity index is 661. The molecule has 2 aliphatic carbocycles. The molecule has 2 bridgehead atoms. The number of hydrogen-bond acceptors (Lipinski definition) is 5. The SMILES string of the molecule is OCCOC1C[C@H]2CC(n3cnc4c(Cl)ncnc43)[C@@H]1C2. The maximum absolute atomic E-state index is 8.95. The van der Waals surface area contributed by atoms with E-state index in [9.17, 15) is 0 Å². The highest BCUT2D eigenvalue weighted by Gasteiger charge is 2.48. The van der Waals surface area contributed by atoms with Crippen molar-refractivity contribution in [2.24, 2.45) is 11.8 Å². The summed E-state index contributed by atoms with van der Waals surface area (Å²) in [5.74, 6) is 1.16. The molecule has 2 aromatic rings. The number of halogens is 1. The molecule has 6 nitrogen and oxygen atoms in total. The standard InChI is InChI=1S/C14H17ClN4O2/c15-13-12-14(17-6-16-13)19(7-18-12)10-4-8-3-9(10)11(5-8)21-2-1-20/h6-11,20H,1-5H2/t8-,9+,10?,11?/m1/s1. The lowest BCUT2D eigenvalue weighted by molar-refractivity contribution is -0.0140. The molecule has 2 aromatic heterocycles. The maximum Gasteiger partial charge on any atom is 0.165 e. The van der Waals surface area contributed by atoms with Gasteiger partial charge in [0, 0.05) is 12.0 Å². The predicted molar refractivity (Wildman–Crippen MR) is 77.0 cm³/mol. The zero-order valence-electron chi connectivity index (χ0n) is 11.5. The Morgan fingerprint density at radius 2 is 2.19 bits per heavy atom. The highest BCUT2D eigenvalue weighted by atomic mass is 35.5. The number of rotatable bonds is 4. The minimum Gasteiger partial charge on any atom is -0.394 e. The Labute approximate surface area is 127 Å². The van der Waals surface area contributed by atoms with Crippen LogP contribution in [0.4, 0.5) is 0 Å². The first kappa shape index (κ1) is 13.4. The Kier molecular flexibility index (Phi) is 3.32. The number of fused-ring (bicyclic) bond motifs is 3. The van der Waals surface area contributed by atoms with Gasteiger partial charge in [0.25, 0.3) is 0 Å². The molecule has 2 unspecified atom stereocenters. The lowest BCUT2D eigenvalue weighted by atomic mass is 9.92. The summed E-state index contributed by atoms with van der Waals surface area (Å²) in [5, 5.41) is 9.34. The van der Waals surface area contributed by atoms with Crippen molar-refractivity contribution in [2.75, 3.05) is 13.2 Å². The lowest BCUT2D eigenvalue weighted by Gasteiger charge is -2.30. The summed E-state index contributed by atoms with van der Waals surface area (Å²) in [5.41, 5.74) is 1.46. The second-order valence-corrected chi connectivity index (χ2v) is 6.28. The fraction of sp³-hybridized carbons (Fsp3) is 0.643. The van der Waals surface area contributed by atoms with Gasteiger partial charge in [-0.15, -0.1) is 0 Å². The van der Waals surface area contributed by atoms with Crippen LogP contribution in [0.5, 0.6) is 0 Å². The molecule has 0 saturated heterocycles. The molecule has 4 atom stereocenters. The van der Waals surface area contributed by atoms with Gasteiger partial charge in [-0.2, -0.15) is 0 Å². The molecule has 0 amide bonds. The number of ether oxygens (including phenoxy) is 1. The van der Waals surface area contributed by atoms with Crippen LogP contribution in [-0.4, -0.2) is 43.9 Å². The number of nitrogens with zero attached hydrogens (tertiary/aromatic N) is 4. The average molecular weight is 309 g/mol. The van der Waals surface area contributed by atoms with Crippen molar-refractivity contribution in [3.05, 3.63) is 17.8 Å². The molecule has 0 aromatic carbocycles. The van der Waals surface area contributed by atoms with Crippen molar-refractivity contribution in [3.8, 4) is 0 Å². The third kappa shape index (κ3) is 2.13. The van der Waals surface area contributed by atoms with Crippen LogP contribution in [0.15, 0.2) is 12.7 Å². The van der Waals surface area contributed by atoms with Gasteiger partial charge in [-0.1, -0.05) is 11.6 Å². The highest BCUT2D eigenvalue weighted by molar-refractivity contribution is 6.33. The molecule has 0 radical (unpaired) electrons. The van der Waals surface area contributed by atoms with E-state index in [4.69, 9.17) is 21.4 Å². The Balaban J connectivity index is 1.65. The first-order valence-electron chi connectivity index (χ1n) is 7.33. The van der Waals surface area contributed by atoms with E-state index in [1.54, 1.807) is 0 Å². The summed E-state index contributed by atoms with van der Waals surface area (Å²) >= 11 is 6.07. The molecule has 2 aliphatic rings. The van der Waals surface area contributed by atoms with E-state index in [1.165, 1.54) is 12.7 Å². The zero-order chi connectivity index (χ0) is 14.4. The monoisotopic (exact) mass is 308 g/mol. The van der Waals surface area contributed by atoms with Gasteiger partial charge in [-0.25, -0.2) is 15.0 Å². The first-order chi connectivity index (χ1) is 10.3. The second kappa shape index (κ2) is 5.19. The van der Waals surface area contributed by atoms with E-state index in [2.05, 4.69) is 19.5 Å². The van der Waals surface area contributed by atoms with Gasteiger partial charge in [0.05, 0.1) is 25.6 Å². The van der Waals surface area contributed by atoms with Gasteiger partial charge < -0.3 is 14.4 Å². The number of aliphatic hydroxyl groups excluding tert-OH is 1. The van der Waals surface area contributed by atoms with Crippen LogP contribution in [0.3, 0.4) is 0 Å². The third-order valence-corrected chi connectivity index (χ3v) is 5.09. The maximum atomic E-state index is 8.95. The van der Waals surface area contributed by atoms with Gasteiger partial charge in [0.15, 0.2) is 10.8 Å². The molecule has 7 heteroatoms. The van der Waals surface area contributed by atoms with Crippen LogP contribution in [0, 0.1) is 11.8 Å². The quantitative estimate of drug-likeness (QED) is 0.872. The fourth-order valence-corrected chi connectivity index (χ4v) is 4.21. The van der Waals surface area contributed by atoms with Gasteiger partial charge >= 0.3 is 0 Å². The van der Waals surface area contributed by atoms with Crippen molar-refractivity contribution in [2.45, 2.75) is 31.4 Å². The number of aromatic nitrogens is 4. The van der Waals surface area contributed by atoms with Gasteiger partial charge in [-0.05, 0) is 25.2 Å². The molecule has 112 valence electrons. The lowest BCUT2D eigenvalue weighted by Crippen LogP contribution is -2.30. The molecule has 2 fully saturated rings. The fourth-order valence-electron chi connectivity index (χ4n) is 4.03. The minimum atomic E-state index is 0.0788. The van der Waals surface area contributed by atoms with Gasteiger partial charge in [0.1, 0.15) is 11.8 Å². The van der Waals surface area contributed by atoms with Crippen LogP contribution in [0.2, 0.25) is 5.15 Å². The van der Waals surface area contributed by atoms with Crippen molar-refractivity contribution in [3.63, 3.8) is 0 Å². The Hall–Kier alpha value is -1.24. The normalized spacial score (nSPS) is 31.3. The van der Waals surface area contributed by atoms with E-state index in [0.29, 0.717) is 35.2 Å². The van der Waals surface area contributed by atoms with E-state index >= 15 is 0 Å². The van der Waals surface area contributed by atoms with E-state index in [-0.39, 0.29) is 12.7 Å². The molecule has 1 N–H and O–H groups in total. The molecular formula is C14H17ClN4O2. The topological polar surface area (TPSA) is 73.1 Å². The van der Waals surface area contributed by atoms with E-state index in [0.717, 1.165) is 18.5 Å². The summed E-state index contributed by atoms with van der Waals surface area (Å²) in [7, 11) is 0. The van der Waals surface area contributed by atoms with Gasteiger partial charge in [0.2, 0.25) is 0 Å². The van der Waals surface area contributed by atoms with Crippen LogP contribution in [0.1, 0.15) is 25.3 Å². The molecule has 2 saturated carbocycles. The third-order valence-electron chi connectivity index (χ3n) is 4.81. The van der Waals surface area contributed by atoms with Crippen LogP contribution >= 0.6 is 11.6 Å². The van der Waals surface area contributed by atoms with E-state index < -0.39 is 0 Å². The average Bonchev–Trinajstić information content (AvgIpc) is 3.18. The number of imidazole rings is 1. The van der Waals surface area contributed by atoms with E-state index in [1.807, 2.05) is 6.33 Å². The van der Waals surface area contributed by atoms with Crippen molar-refractivity contribution in [1.82, 2.24) is 19.5 Å². The number of hydrogen-bond donors (Lipinski definition) is 1. The first-order valence-corrected chi connectivity index (χ1v) is 7.71. The highest BCUT2D eigenvalue weighted by Crippen LogP contribution is 2.52. The van der Waals surface area contributed by atoms with Crippen LogP contribution < -0.4 is 0 Å². The van der Waals surface area contributed by atoms with Crippen LogP contribution in [-0.2, 0) is 4.74 Å². The zero-order valence-corrected chi connectivity index (χ0v) is 12.3. The smallest absolute Gasteiger partial charge is 0.165 e. The molecule has 21 heavy (non-hydrogen) atoms. The molecule has 0 spiro atoms. The second-order valence-electron chi connectivity index (χ2n) is 5.93.